The monoisotopic (exact) mass is 469 g/mol. The molecule has 3 aromatic rings. The minimum absolute atomic E-state index is 0.102. The number of rotatable bonds is 5. The van der Waals surface area contributed by atoms with Gasteiger partial charge in [0.2, 0.25) is 0 Å². The van der Waals surface area contributed by atoms with Gasteiger partial charge in [0.15, 0.2) is 0 Å². The molecule has 2 bridgehead atoms. The Morgan fingerprint density at radius 2 is 1.81 bits per heavy atom. The van der Waals surface area contributed by atoms with Crippen LogP contribution in [0.3, 0.4) is 0 Å². The first-order valence-corrected chi connectivity index (χ1v) is 12.2. The summed E-state index contributed by atoms with van der Waals surface area (Å²) >= 11 is 12.3. The van der Waals surface area contributed by atoms with Gasteiger partial charge in [0.1, 0.15) is 0 Å². The fourth-order valence-corrected chi connectivity index (χ4v) is 6.07. The van der Waals surface area contributed by atoms with Crippen LogP contribution in [-0.2, 0) is 20.0 Å². The quantitative estimate of drug-likeness (QED) is 0.484. The van der Waals surface area contributed by atoms with Crippen molar-refractivity contribution in [2.75, 3.05) is 6.54 Å². The van der Waals surface area contributed by atoms with Crippen molar-refractivity contribution in [3.63, 3.8) is 0 Å². The van der Waals surface area contributed by atoms with Crippen LogP contribution in [-0.4, -0.2) is 26.9 Å². The molecule has 3 heterocycles. The zero-order valence-electron chi connectivity index (χ0n) is 18.6. The predicted molar refractivity (Wildman–Crippen MR) is 131 cm³/mol. The van der Waals surface area contributed by atoms with Crippen molar-refractivity contribution in [2.24, 2.45) is 18.9 Å². The largest absolute Gasteiger partial charge is 0.296 e. The second-order valence-electron chi connectivity index (χ2n) is 9.41. The maximum atomic E-state index is 13.3. The third-order valence-corrected chi connectivity index (χ3v) is 8.35. The standard InChI is InChI=1S/C26H29Cl2N3O/c1-17-23(26(32)31(29(17)2)21-6-4-3-5-7-21)16-30-15-19-9-10-22(30)14-20(19)12-18-8-11-24(27)25(28)13-18/h3-8,11,13,19-20,22H,9-10,12,14-16H2,1-2H3/t19-,20?,22-/m0/s1. The van der Waals surface area contributed by atoms with E-state index >= 15 is 0 Å². The van der Waals surface area contributed by atoms with Gasteiger partial charge in [0.25, 0.3) is 5.56 Å². The van der Waals surface area contributed by atoms with Crippen molar-refractivity contribution in [1.82, 2.24) is 14.3 Å². The molecule has 1 aliphatic carbocycles. The van der Waals surface area contributed by atoms with E-state index < -0.39 is 0 Å². The summed E-state index contributed by atoms with van der Waals surface area (Å²) in [7, 11) is 1.98. The fourth-order valence-electron chi connectivity index (χ4n) is 5.75. The number of nitrogens with zero attached hydrogens (tertiary/aromatic N) is 3. The average Bonchev–Trinajstić information content (AvgIpc) is 3.01. The van der Waals surface area contributed by atoms with Crippen molar-refractivity contribution >= 4 is 23.2 Å². The molecule has 6 rings (SSSR count). The summed E-state index contributed by atoms with van der Waals surface area (Å²) in [6.07, 6.45) is 4.73. The summed E-state index contributed by atoms with van der Waals surface area (Å²) in [6, 6.07) is 16.5. The Bertz CT molecular complexity index is 1180. The summed E-state index contributed by atoms with van der Waals surface area (Å²) in [5, 5.41) is 1.26. The molecule has 0 radical (unpaired) electrons. The van der Waals surface area contributed by atoms with Crippen LogP contribution in [0.5, 0.6) is 0 Å². The Kier molecular flexibility index (Phi) is 5.96. The molecular weight excluding hydrogens is 441 g/mol. The SMILES string of the molecule is Cc1c(CN2C[C@@H]3CC[C@H]2CC3Cc2ccc(Cl)c(Cl)c2)c(=O)n(-c2ccccc2)n1C. The molecule has 32 heavy (non-hydrogen) atoms. The number of hydrogen-bond acceptors (Lipinski definition) is 2. The lowest BCUT2D eigenvalue weighted by Crippen LogP contribution is -2.52. The van der Waals surface area contributed by atoms with Crippen LogP contribution >= 0.6 is 23.2 Å². The first kappa shape index (κ1) is 21.8. The average molecular weight is 470 g/mol. The molecule has 1 aromatic heterocycles. The van der Waals surface area contributed by atoms with Crippen LogP contribution in [0.2, 0.25) is 10.0 Å². The lowest BCUT2D eigenvalue weighted by molar-refractivity contribution is -0.000329. The van der Waals surface area contributed by atoms with Crippen LogP contribution in [0.15, 0.2) is 53.3 Å². The summed E-state index contributed by atoms with van der Waals surface area (Å²) in [5.41, 5.74) is 4.26. The highest BCUT2D eigenvalue weighted by Gasteiger charge is 2.40. The zero-order chi connectivity index (χ0) is 22.4. The number of piperidine rings is 2. The zero-order valence-corrected chi connectivity index (χ0v) is 20.1. The van der Waals surface area contributed by atoms with Gasteiger partial charge >= 0.3 is 0 Å². The lowest BCUT2D eigenvalue weighted by atomic mass is 9.70. The van der Waals surface area contributed by atoms with Gasteiger partial charge in [0, 0.05) is 31.9 Å². The van der Waals surface area contributed by atoms with Crippen molar-refractivity contribution in [1.29, 1.82) is 0 Å². The number of benzene rings is 2. The fraction of sp³-hybridized carbons (Fsp3) is 0.423. The van der Waals surface area contributed by atoms with E-state index in [4.69, 9.17) is 23.2 Å². The maximum Gasteiger partial charge on any atom is 0.276 e. The number of para-hydroxylation sites is 1. The molecule has 0 spiro atoms. The van der Waals surface area contributed by atoms with Gasteiger partial charge in [-0.2, -0.15) is 0 Å². The van der Waals surface area contributed by atoms with Gasteiger partial charge in [-0.3, -0.25) is 14.4 Å². The Balaban J connectivity index is 1.33. The molecule has 2 aliphatic heterocycles. The summed E-state index contributed by atoms with van der Waals surface area (Å²) in [4.78, 5) is 15.9. The molecular formula is C26H29Cl2N3O. The van der Waals surface area contributed by atoms with Crippen molar-refractivity contribution in [3.05, 3.63) is 85.8 Å². The van der Waals surface area contributed by atoms with Crippen LogP contribution in [0, 0.1) is 18.8 Å². The molecule has 0 N–H and O–H groups in total. The molecule has 2 saturated heterocycles. The van der Waals surface area contributed by atoms with E-state index in [0.717, 1.165) is 36.5 Å². The second-order valence-corrected chi connectivity index (χ2v) is 10.2. The molecule has 6 heteroatoms. The molecule has 3 atom stereocenters. The number of fused-ring (bicyclic) bond motifs is 3. The Labute approximate surface area is 199 Å². The number of aromatic nitrogens is 2. The van der Waals surface area contributed by atoms with E-state index in [0.29, 0.717) is 27.9 Å². The van der Waals surface area contributed by atoms with Crippen LogP contribution in [0.4, 0.5) is 0 Å². The maximum absolute atomic E-state index is 13.3. The van der Waals surface area contributed by atoms with E-state index in [1.54, 1.807) is 4.68 Å². The van der Waals surface area contributed by atoms with Gasteiger partial charge in [0.05, 0.1) is 21.3 Å². The third-order valence-electron chi connectivity index (χ3n) is 7.61. The molecule has 168 valence electrons. The van der Waals surface area contributed by atoms with E-state index in [2.05, 4.69) is 17.9 Å². The Hall–Kier alpha value is -2.01. The molecule has 4 nitrogen and oxygen atoms in total. The molecule has 3 fully saturated rings. The number of halogens is 2. The first-order valence-electron chi connectivity index (χ1n) is 11.4. The van der Waals surface area contributed by atoms with Gasteiger partial charge in [-0.25, -0.2) is 4.68 Å². The molecule has 3 aliphatic rings. The molecule has 2 aromatic carbocycles. The van der Waals surface area contributed by atoms with Crippen molar-refractivity contribution in [3.8, 4) is 5.69 Å². The number of hydrogen-bond donors (Lipinski definition) is 0. The van der Waals surface area contributed by atoms with Crippen LogP contribution in [0.25, 0.3) is 5.69 Å². The Morgan fingerprint density at radius 3 is 2.50 bits per heavy atom. The predicted octanol–water partition coefficient (Wildman–Crippen LogP) is 5.63. The highest BCUT2D eigenvalue weighted by molar-refractivity contribution is 6.42. The summed E-state index contributed by atoms with van der Waals surface area (Å²) in [5.74, 6) is 1.33. The highest BCUT2D eigenvalue weighted by Crippen LogP contribution is 2.42. The van der Waals surface area contributed by atoms with E-state index in [9.17, 15) is 4.79 Å². The lowest BCUT2D eigenvalue weighted by Gasteiger charge is -2.49. The molecule has 1 unspecified atom stereocenters. The smallest absolute Gasteiger partial charge is 0.276 e. The highest BCUT2D eigenvalue weighted by atomic mass is 35.5. The second kappa shape index (κ2) is 8.74. The molecule has 1 saturated carbocycles. The van der Waals surface area contributed by atoms with Gasteiger partial charge in [-0.15, -0.1) is 0 Å². The first-order chi connectivity index (χ1) is 15.4. The summed E-state index contributed by atoms with van der Waals surface area (Å²) < 4.78 is 3.78. The van der Waals surface area contributed by atoms with Crippen molar-refractivity contribution in [2.45, 2.75) is 45.2 Å². The Morgan fingerprint density at radius 1 is 1.03 bits per heavy atom. The van der Waals surface area contributed by atoms with E-state index in [-0.39, 0.29) is 5.56 Å². The van der Waals surface area contributed by atoms with Crippen LogP contribution < -0.4 is 5.56 Å². The van der Waals surface area contributed by atoms with Crippen molar-refractivity contribution < 1.29 is 0 Å². The van der Waals surface area contributed by atoms with Gasteiger partial charge in [-0.1, -0.05) is 47.5 Å². The van der Waals surface area contributed by atoms with E-state index in [1.807, 2.05) is 54.2 Å². The van der Waals surface area contributed by atoms with Crippen LogP contribution in [0.1, 0.15) is 36.1 Å². The van der Waals surface area contributed by atoms with Gasteiger partial charge in [-0.05, 0) is 74.3 Å². The molecule has 0 amide bonds. The minimum Gasteiger partial charge on any atom is -0.296 e. The minimum atomic E-state index is 0.102. The normalized spacial score (nSPS) is 23.1. The summed E-state index contributed by atoms with van der Waals surface area (Å²) in [6.45, 7) is 3.86. The third kappa shape index (κ3) is 3.93. The topological polar surface area (TPSA) is 30.2 Å². The van der Waals surface area contributed by atoms with E-state index in [1.165, 1.54) is 24.8 Å². The van der Waals surface area contributed by atoms with Gasteiger partial charge < -0.3 is 0 Å².